The number of para-hydroxylation sites is 1. The molecule has 1 saturated heterocycles. The van der Waals surface area contributed by atoms with Gasteiger partial charge < -0.3 is 20.0 Å². The van der Waals surface area contributed by atoms with Gasteiger partial charge in [-0.1, -0.05) is 18.2 Å². The topological polar surface area (TPSA) is 59.9 Å². The van der Waals surface area contributed by atoms with Gasteiger partial charge in [-0.05, 0) is 38.0 Å². The number of fused-ring (bicyclic) bond motifs is 1. The second-order valence-corrected chi connectivity index (χ2v) is 7.64. The molecule has 4 rings (SSSR count). The summed E-state index contributed by atoms with van der Waals surface area (Å²) in [5, 5.41) is 3.48. The molecule has 1 unspecified atom stereocenters. The van der Waals surface area contributed by atoms with E-state index in [1.54, 1.807) is 12.4 Å². The number of aliphatic imine (C=N–C) groups is 1. The summed E-state index contributed by atoms with van der Waals surface area (Å²) in [7, 11) is 0. The number of hydrogen-bond acceptors (Lipinski definition) is 5. The monoisotopic (exact) mass is 521 g/mol. The number of anilines is 2. The molecule has 0 aliphatic carbocycles. The number of hydrogen-bond donors (Lipinski definition) is 1. The number of aromatic nitrogens is 2. The zero-order valence-corrected chi connectivity index (χ0v) is 20.2. The molecule has 2 aliphatic heterocycles. The van der Waals surface area contributed by atoms with E-state index in [0.717, 1.165) is 64.1 Å². The lowest BCUT2D eigenvalue weighted by Crippen LogP contribution is -2.53. The number of nitrogens with one attached hydrogen (secondary N) is 1. The van der Waals surface area contributed by atoms with E-state index >= 15 is 0 Å². The quantitative estimate of drug-likeness (QED) is 0.371. The lowest BCUT2D eigenvalue weighted by atomic mass is 10.2. The Morgan fingerprint density at radius 3 is 2.53 bits per heavy atom. The molecule has 162 valence electrons. The molecule has 0 saturated carbocycles. The van der Waals surface area contributed by atoms with Crippen LogP contribution in [0.2, 0.25) is 0 Å². The molecule has 3 heterocycles. The van der Waals surface area contributed by atoms with Crippen molar-refractivity contribution in [1.29, 1.82) is 0 Å². The molecule has 1 aromatic heterocycles. The van der Waals surface area contributed by atoms with Crippen LogP contribution in [0.3, 0.4) is 0 Å². The summed E-state index contributed by atoms with van der Waals surface area (Å²) in [6.45, 7) is 10.8. The van der Waals surface area contributed by atoms with E-state index < -0.39 is 0 Å². The molecule has 0 amide bonds. The third-order valence-corrected chi connectivity index (χ3v) is 5.71. The normalized spacial score (nSPS) is 17.4. The van der Waals surface area contributed by atoms with E-state index in [-0.39, 0.29) is 24.0 Å². The Balaban J connectivity index is 0.00000256. The SMILES string of the molecule is CCNC(=NCC(C)N1CCc2ccccc21)N1CCN(c2ncccn2)CC1.I. The first-order chi connectivity index (χ1) is 14.3. The first kappa shape index (κ1) is 22.6. The average molecular weight is 521 g/mol. The smallest absolute Gasteiger partial charge is 0.225 e. The van der Waals surface area contributed by atoms with Crippen molar-refractivity contribution in [3.63, 3.8) is 0 Å². The van der Waals surface area contributed by atoms with Gasteiger partial charge in [0.05, 0.1) is 6.54 Å². The van der Waals surface area contributed by atoms with E-state index in [1.165, 1.54) is 11.3 Å². The van der Waals surface area contributed by atoms with Gasteiger partial charge in [-0.2, -0.15) is 0 Å². The molecule has 0 radical (unpaired) electrons. The first-order valence-electron chi connectivity index (χ1n) is 10.7. The number of guanidine groups is 1. The molecule has 0 spiro atoms. The third kappa shape index (κ3) is 5.14. The Bertz CT molecular complexity index is 821. The molecule has 30 heavy (non-hydrogen) atoms. The largest absolute Gasteiger partial charge is 0.366 e. The zero-order valence-electron chi connectivity index (χ0n) is 17.9. The van der Waals surface area contributed by atoms with Crippen molar-refractivity contribution in [3.05, 3.63) is 48.3 Å². The fraction of sp³-hybridized carbons (Fsp3) is 0.500. The molecule has 0 bridgehead atoms. The van der Waals surface area contributed by atoms with Gasteiger partial charge in [-0.3, -0.25) is 4.99 Å². The highest BCUT2D eigenvalue weighted by Gasteiger charge is 2.24. The number of piperazine rings is 1. The maximum atomic E-state index is 4.99. The van der Waals surface area contributed by atoms with E-state index in [2.05, 4.69) is 68.1 Å². The van der Waals surface area contributed by atoms with Gasteiger partial charge in [-0.15, -0.1) is 24.0 Å². The van der Waals surface area contributed by atoms with Gasteiger partial charge in [0.1, 0.15) is 0 Å². The maximum Gasteiger partial charge on any atom is 0.225 e. The summed E-state index contributed by atoms with van der Waals surface area (Å²) in [6, 6.07) is 11.0. The molecular formula is C22H32IN7. The summed E-state index contributed by atoms with van der Waals surface area (Å²) in [6.07, 6.45) is 4.74. The second kappa shape index (κ2) is 10.8. The second-order valence-electron chi connectivity index (χ2n) is 7.64. The molecule has 2 aliphatic rings. The van der Waals surface area contributed by atoms with Crippen molar-refractivity contribution in [2.75, 3.05) is 55.6 Å². The molecule has 1 N–H and O–H groups in total. The average Bonchev–Trinajstić information content (AvgIpc) is 3.21. The molecule has 1 fully saturated rings. The van der Waals surface area contributed by atoms with Gasteiger partial charge in [0, 0.05) is 63.4 Å². The van der Waals surface area contributed by atoms with Gasteiger partial charge >= 0.3 is 0 Å². The van der Waals surface area contributed by atoms with Crippen molar-refractivity contribution >= 4 is 41.6 Å². The molecular weight excluding hydrogens is 489 g/mol. The molecule has 8 heteroatoms. The van der Waals surface area contributed by atoms with Crippen LogP contribution in [0.5, 0.6) is 0 Å². The minimum atomic E-state index is 0. The summed E-state index contributed by atoms with van der Waals surface area (Å²) in [5.41, 5.74) is 2.83. The number of benzene rings is 1. The van der Waals surface area contributed by atoms with Crippen molar-refractivity contribution < 1.29 is 0 Å². The predicted octanol–water partition coefficient (Wildman–Crippen LogP) is 2.63. The van der Waals surface area contributed by atoms with Crippen LogP contribution in [0.25, 0.3) is 0 Å². The highest BCUT2D eigenvalue weighted by Crippen LogP contribution is 2.29. The van der Waals surface area contributed by atoms with Crippen LogP contribution in [0.1, 0.15) is 19.4 Å². The van der Waals surface area contributed by atoms with Crippen LogP contribution in [-0.4, -0.2) is 72.7 Å². The Morgan fingerprint density at radius 1 is 1.07 bits per heavy atom. The van der Waals surface area contributed by atoms with E-state index in [1.807, 2.05) is 6.07 Å². The van der Waals surface area contributed by atoms with E-state index in [4.69, 9.17) is 4.99 Å². The minimum absolute atomic E-state index is 0. The highest BCUT2D eigenvalue weighted by molar-refractivity contribution is 14.0. The van der Waals surface area contributed by atoms with Crippen LogP contribution in [-0.2, 0) is 6.42 Å². The van der Waals surface area contributed by atoms with E-state index in [0.29, 0.717) is 6.04 Å². The van der Waals surface area contributed by atoms with Crippen LogP contribution >= 0.6 is 24.0 Å². The first-order valence-corrected chi connectivity index (χ1v) is 10.7. The van der Waals surface area contributed by atoms with Gasteiger partial charge in [-0.25, -0.2) is 9.97 Å². The third-order valence-electron chi connectivity index (χ3n) is 5.71. The fourth-order valence-corrected chi connectivity index (χ4v) is 4.14. The summed E-state index contributed by atoms with van der Waals surface area (Å²) < 4.78 is 0. The molecule has 2 aromatic rings. The van der Waals surface area contributed by atoms with Crippen molar-refractivity contribution in [3.8, 4) is 0 Å². The van der Waals surface area contributed by atoms with Gasteiger partial charge in [0.25, 0.3) is 0 Å². The van der Waals surface area contributed by atoms with Crippen molar-refractivity contribution in [2.45, 2.75) is 26.3 Å². The fourth-order valence-electron chi connectivity index (χ4n) is 4.14. The Kier molecular flexibility index (Phi) is 8.12. The van der Waals surface area contributed by atoms with Crippen molar-refractivity contribution in [2.24, 2.45) is 4.99 Å². The highest BCUT2D eigenvalue weighted by atomic mass is 127. The lowest BCUT2D eigenvalue weighted by molar-refractivity contribution is 0.369. The minimum Gasteiger partial charge on any atom is -0.366 e. The van der Waals surface area contributed by atoms with Crippen LogP contribution in [0.4, 0.5) is 11.6 Å². The number of nitrogens with zero attached hydrogens (tertiary/aromatic N) is 6. The van der Waals surface area contributed by atoms with Crippen molar-refractivity contribution in [1.82, 2.24) is 20.2 Å². The predicted molar refractivity (Wildman–Crippen MR) is 134 cm³/mol. The van der Waals surface area contributed by atoms with Gasteiger partial charge in [0.2, 0.25) is 5.95 Å². The van der Waals surface area contributed by atoms with Gasteiger partial charge in [0.15, 0.2) is 5.96 Å². The summed E-state index contributed by atoms with van der Waals surface area (Å²) in [5.74, 6) is 1.83. The summed E-state index contributed by atoms with van der Waals surface area (Å²) in [4.78, 5) is 20.8. The summed E-state index contributed by atoms with van der Waals surface area (Å²) >= 11 is 0. The molecule has 1 aromatic carbocycles. The standard InChI is InChI=1S/C22H31N7.HI/c1-3-23-21(27-13-15-28(16-14-27)22-24-10-6-11-25-22)26-17-18(2)29-12-9-19-7-4-5-8-20(19)29;/h4-8,10-11,18H,3,9,12-17H2,1-2H3,(H,23,26);1H. The van der Waals surface area contributed by atoms with Crippen LogP contribution < -0.4 is 15.1 Å². The Morgan fingerprint density at radius 2 is 1.80 bits per heavy atom. The molecule has 1 atom stereocenters. The Labute approximate surface area is 196 Å². The number of halogens is 1. The van der Waals surface area contributed by atoms with Crippen LogP contribution in [0, 0.1) is 0 Å². The van der Waals surface area contributed by atoms with E-state index in [9.17, 15) is 0 Å². The molecule has 7 nitrogen and oxygen atoms in total. The zero-order chi connectivity index (χ0) is 20.1. The lowest BCUT2D eigenvalue weighted by Gasteiger charge is -2.36. The maximum absolute atomic E-state index is 4.99. The Hall–Kier alpha value is -2.10. The number of rotatable bonds is 5. The van der Waals surface area contributed by atoms with Crippen LogP contribution in [0.15, 0.2) is 47.7 Å².